The van der Waals surface area contributed by atoms with Gasteiger partial charge in [0.05, 0.1) is 18.7 Å². The van der Waals surface area contributed by atoms with Crippen molar-refractivity contribution in [3.05, 3.63) is 40.2 Å². The van der Waals surface area contributed by atoms with Gasteiger partial charge in [-0.2, -0.15) is 5.26 Å². The summed E-state index contributed by atoms with van der Waals surface area (Å²) in [5.74, 6) is -0.179. The molecule has 118 valence electrons. The number of anilines is 1. The number of nitrogens with zero attached hydrogens (tertiary/aromatic N) is 2. The van der Waals surface area contributed by atoms with Gasteiger partial charge in [-0.3, -0.25) is 9.69 Å². The highest BCUT2D eigenvalue weighted by atomic mass is 16.4. The van der Waals surface area contributed by atoms with Crippen molar-refractivity contribution in [2.45, 2.75) is 25.8 Å². The highest BCUT2D eigenvalue weighted by molar-refractivity contribution is 5.94. The van der Waals surface area contributed by atoms with Crippen molar-refractivity contribution in [3.63, 3.8) is 0 Å². The van der Waals surface area contributed by atoms with Crippen LogP contribution in [0.1, 0.15) is 18.4 Å². The molecule has 0 unspecified atom stereocenters. The first kappa shape index (κ1) is 15.3. The molecule has 23 heavy (non-hydrogen) atoms. The summed E-state index contributed by atoms with van der Waals surface area (Å²) in [5, 5.41) is 12.7. The van der Waals surface area contributed by atoms with Gasteiger partial charge in [0.15, 0.2) is 0 Å². The molecule has 1 aromatic carbocycles. The van der Waals surface area contributed by atoms with Crippen LogP contribution in [-0.4, -0.2) is 29.9 Å². The van der Waals surface area contributed by atoms with Crippen molar-refractivity contribution >= 4 is 22.6 Å². The van der Waals surface area contributed by atoms with Crippen LogP contribution in [0.4, 0.5) is 5.69 Å². The summed E-state index contributed by atoms with van der Waals surface area (Å²) in [6.45, 7) is 2.79. The Morgan fingerprint density at radius 1 is 1.48 bits per heavy atom. The maximum atomic E-state index is 12.1. The van der Waals surface area contributed by atoms with Crippen LogP contribution in [0.2, 0.25) is 0 Å². The van der Waals surface area contributed by atoms with Gasteiger partial charge in [-0.05, 0) is 37.5 Å². The van der Waals surface area contributed by atoms with E-state index in [1.165, 1.54) is 6.07 Å². The van der Waals surface area contributed by atoms with Gasteiger partial charge in [0.2, 0.25) is 5.91 Å². The molecule has 0 aliphatic carbocycles. The monoisotopic (exact) mass is 311 g/mol. The van der Waals surface area contributed by atoms with E-state index in [-0.39, 0.29) is 18.5 Å². The van der Waals surface area contributed by atoms with E-state index in [0.29, 0.717) is 11.3 Å². The fraction of sp³-hybridized carbons (Fsp3) is 0.353. The molecule has 1 atom stereocenters. The molecule has 2 aromatic rings. The summed E-state index contributed by atoms with van der Waals surface area (Å²) in [4.78, 5) is 25.5. The van der Waals surface area contributed by atoms with E-state index in [4.69, 9.17) is 9.68 Å². The van der Waals surface area contributed by atoms with E-state index in [1.54, 1.807) is 12.1 Å². The molecule has 2 heterocycles. The number of hydrogen-bond acceptors (Lipinski definition) is 5. The molecule has 3 rings (SSSR count). The van der Waals surface area contributed by atoms with Crippen molar-refractivity contribution in [1.29, 1.82) is 5.26 Å². The largest absolute Gasteiger partial charge is 0.423 e. The van der Waals surface area contributed by atoms with Gasteiger partial charge >= 0.3 is 5.63 Å². The average Bonchev–Trinajstić information content (AvgIpc) is 2.93. The number of nitrogens with one attached hydrogen (secondary N) is 1. The van der Waals surface area contributed by atoms with Gasteiger partial charge in [0, 0.05) is 29.8 Å². The van der Waals surface area contributed by atoms with Gasteiger partial charge < -0.3 is 9.73 Å². The van der Waals surface area contributed by atoms with Gasteiger partial charge in [-0.1, -0.05) is 0 Å². The number of amides is 1. The smallest absolute Gasteiger partial charge is 0.336 e. The van der Waals surface area contributed by atoms with Crippen LogP contribution in [0.15, 0.2) is 33.5 Å². The molecule has 1 aliphatic rings. The van der Waals surface area contributed by atoms with Gasteiger partial charge in [0.1, 0.15) is 5.58 Å². The first-order valence-electron chi connectivity index (χ1n) is 7.55. The third-order valence-corrected chi connectivity index (χ3v) is 4.09. The standard InChI is InChI=1S/C17H17N3O3/c1-11-7-17(22)23-15-8-12(4-5-14(11)15)19-16(21)10-20-6-2-3-13(20)9-18/h4-5,7-8,13H,2-3,6,10H2,1H3,(H,19,21)/t13-/m1/s1. The minimum Gasteiger partial charge on any atom is -0.423 e. The molecule has 0 spiro atoms. The molecule has 6 heteroatoms. The second-order valence-electron chi connectivity index (χ2n) is 5.77. The van der Waals surface area contributed by atoms with Crippen LogP contribution in [0.3, 0.4) is 0 Å². The molecular weight excluding hydrogens is 294 g/mol. The van der Waals surface area contributed by atoms with Crippen LogP contribution >= 0.6 is 0 Å². The third kappa shape index (κ3) is 3.25. The van der Waals surface area contributed by atoms with Crippen molar-refractivity contribution in [3.8, 4) is 6.07 Å². The SMILES string of the molecule is Cc1cc(=O)oc2cc(NC(=O)CN3CCC[C@@H]3C#N)ccc12. The molecule has 1 N–H and O–H groups in total. The summed E-state index contributed by atoms with van der Waals surface area (Å²) in [5.41, 5.74) is 1.45. The minimum absolute atomic E-state index is 0.179. The Balaban J connectivity index is 1.75. The molecule has 1 amide bonds. The molecule has 6 nitrogen and oxygen atoms in total. The number of carbonyl (C=O) groups excluding carboxylic acids is 1. The maximum Gasteiger partial charge on any atom is 0.336 e. The number of likely N-dealkylation sites (tertiary alicyclic amines) is 1. The van der Waals surface area contributed by atoms with E-state index in [1.807, 2.05) is 17.9 Å². The van der Waals surface area contributed by atoms with E-state index in [0.717, 1.165) is 30.3 Å². The number of benzene rings is 1. The van der Waals surface area contributed by atoms with E-state index < -0.39 is 5.63 Å². The fourth-order valence-corrected chi connectivity index (χ4v) is 2.95. The summed E-state index contributed by atoms with van der Waals surface area (Å²) in [6, 6.07) is 8.71. The quantitative estimate of drug-likeness (QED) is 0.876. The molecule has 1 aliphatic heterocycles. The number of carbonyl (C=O) groups is 1. The molecule has 0 bridgehead atoms. The van der Waals surface area contributed by atoms with E-state index in [2.05, 4.69) is 11.4 Å². The summed E-state index contributed by atoms with van der Waals surface area (Å²) < 4.78 is 5.17. The maximum absolute atomic E-state index is 12.1. The van der Waals surface area contributed by atoms with Crippen molar-refractivity contribution < 1.29 is 9.21 Å². The van der Waals surface area contributed by atoms with Gasteiger partial charge in [0.25, 0.3) is 0 Å². The van der Waals surface area contributed by atoms with Gasteiger partial charge in [-0.15, -0.1) is 0 Å². The second-order valence-corrected chi connectivity index (χ2v) is 5.77. The molecular formula is C17H17N3O3. The second kappa shape index (κ2) is 6.23. The zero-order chi connectivity index (χ0) is 16.4. The Morgan fingerprint density at radius 2 is 2.30 bits per heavy atom. The van der Waals surface area contributed by atoms with Crippen molar-refractivity contribution in [1.82, 2.24) is 4.90 Å². The Labute approximate surface area is 133 Å². The predicted molar refractivity (Wildman–Crippen MR) is 86.1 cm³/mol. The van der Waals surface area contributed by atoms with Crippen LogP contribution in [0, 0.1) is 18.3 Å². The fourth-order valence-electron chi connectivity index (χ4n) is 2.95. The van der Waals surface area contributed by atoms with Crippen LogP contribution < -0.4 is 10.9 Å². The Bertz CT molecular complexity index is 850. The number of aryl methyl sites for hydroxylation is 1. The highest BCUT2D eigenvalue weighted by Crippen LogP contribution is 2.21. The highest BCUT2D eigenvalue weighted by Gasteiger charge is 2.25. The van der Waals surface area contributed by atoms with E-state index in [9.17, 15) is 9.59 Å². The van der Waals surface area contributed by atoms with Crippen molar-refractivity contribution in [2.24, 2.45) is 0 Å². The Morgan fingerprint density at radius 3 is 3.09 bits per heavy atom. The first-order valence-corrected chi connectivity index (χ1v) is 7.55. The number of nitriles is 1. The minimum atomic E-state index is -0.410. The Kier molecular flexibility index (Phi) is 4.13. The summed E-state index contributed by atoms with van der Waals surface area (Å²) in [7, 11) is 0. The zero-order valence-corrected chi connectivity index (χ0v) is 12.8. The number of rotatable bonds is 3. The lowest BCUT2D eigenvalue weighted by atomic mass is 10.1. The molecule has 0 radical (unpaired) electrons. The van der Waals surface area contributed by atoms with Crippen molar-refractivity contribution in [2.75, 3.05) is 18.4 Å². The lowest BCUT2D eigenvalue weighted by Gasteiger charge is -2.18. The molecule has 1 fully saturated rings. The van der Waals surface area contributed by atoms with Crippen LogP contribution in [-0.2, 0) is 4.79 Å². The van der Waals surface area contributed by atoms with Gasteiger partial charge in [-0.25, -0.2) is 4.79 Å². The number of hydrogen-bond donors (Lipinski definition) is 1. The average molecular weight is 311 g/mol. The number of fused-ring (bicyclic) bond motifs is 1. The van der Waals surface area contributed by atoms with E-state index >= 15 is 0 Å². The molecule has 1 saturated heterocycles. The Hall–Kier alpha value is -2.65. The first-order chi connectivity index (χ1) is 11.1. The van der Waals surface area contributed by atoms with Crippen LogP contribution in [0.5, 0.6) is 0 Å². The topological polar surface area (TPSA) is 86.3 Å². The molecule has 0 saturated carbocycles. The predicted octanol–water partition coefficient (Wildman–Crippen LogP) is 2.03. The summed E-state index contributed by atoms with van der Waals surface area (Å²) >= 11 is 0. The third-order valence-electron chi connectivity index (χ3n) is 4.09. The lowest BCUT2D eigenvalue weighted by molar-refractivity contribution is -0.117. The molecule has 1 aromatic heterocycles. The van der Waals surface area contributed by atoms with Crippen LogP contribution in [0.25, 0.3) is 11.0 Å². The lowest BCUT2D eigenvalue weighted by Crippen LogP contribution is -2.36. The summed E-state index contributed by atoms with van der Waals surface area (Å²) in [6.07, 6.45) is 1.75. The normalized spacial score (nSPS) is 18.0. The zero-order valence-electron chi connectivity index (χ0n) is 12.8.